The topological polar surface area (TPSA) is 29.1 Å². The highest BCUT2D eigenvalue weighted by Crippen LogP contribution is 2.58. The molecule has 0 radical (unpaired) electrons. The third-order valence-electron chi connectivity index (χ3n) is 6.18. The van der Waals surface area contributed by atoms with Crippen molar-refractivity contribution in [1.82, 2.24) is 5.32 Å². The lowest BCUT2D eigenvalue weighted by atomic mass is 9.79. The molecule has 21 heavy (non-hydrogen) atoms. The first-order valence-electron chi connectivity index (χ1n) is 8.20. The molecule has 3 saturated carbocycles. The maximum absolute atomic E-state index is 12.5. The zero-order valence-corrected chi connectivity index (χ0v) is 14.0. The highest BCUT2D eigenvalue weighted by Gasteiger charge is 2.54. The van der Waals surface area contributed by atoms with E-state index in [9.17, 15) is 4.79 Å². The van der Waals surface area contributed by atoms with Crippen LogP contribution in [0.1, 0.15) is 48.0 Å². The summed E-state index contributed by atoms with van der Waals surface area (Å²) >= 11 is 3.52. The van der Waals surface area contributed by atoms with Crippen LogP contribution in [0.5, 0.6) is 0 Å². The van der Waals surface area contributed by atoms with Crippen LogP contribution in [0.15, 0.2) is 22.7 Å². The average Bonchev–Trinajstić information content (AvgIpc) is 3.13. The molecule has 1 aromatic rings. The minimum Gasteiger partial charge on any atom is -0.349 e. The number of carbonyl (C=O) groups is 1. The second kappa shape index (κ2) is 5.12. The van der Waals surface area contributed by atoms with Crippen molar-refractivity contribution in [2.45, 2.75) is 45.1 Å². The van der Waals surface area contributed by atoms with E-state index in [4.69, 9.17) is 0 Å². The SMILES string of the molecule is Cc1ccc(C(=O)NC2CC3CC2C2CCCC32)cc1Br. The van der Waals surface area contributed by atoms with Crippen molar-refractivity contribution in [2.24, 2.45) is 23.7 Å². The van der Waals surface area contributed by atoms with Gasteiger partial charge in [0.15, 0.2) is 0 Å². The minimum absolute atomic E-state index is 0.0998. The van der Waals surface area contributed by atoms with Crippen LogP contribution in [0.4, 0.5) is 0 Å². The summed E-state index contributed by atoms with van der Waals surface area (Å²) < 4.78 is 1.01. The Balaban J connectivity index is 1.47. The van der Waals surface area contributed by atoms with Crippen LogP contribution >= 0.6 is 15.9 Å². The van der Waals surface area contributed by atoms with Gasteiger partial charge in [-0.2, -0.15) is 0 Å². The molecular formula is C18H22BrNO. The summed E-state index contributed by atoms with van der Waals surface area (Å²) in [6, 6.07) is 6.30. The fraction of sp³-hybridized carbons (Fsp3) is 0.611. The Kier molecular flexibility index (Phi) is 3.36. The van der Waals surface area contributed by atoms with Gasteiger partial charge in [-0.3, -0.25) is 4.79 Å². The van der Waals surface area contributed by atoms with Gasteiger partial charge in [-0.05, 0) is 74.0 Å². The van der Waals surface area contributed by atoms with Crippen LogP contribution in [-0.2, 0) is 0 Å². The van der Waals surface area contributed by atoms with Gasteiger partial charge in [0.05, 0.1) is 0 Å². The van der Waals surface area contributed by atoms with Gasteiger partial charge < -0.3 is 5.32 Å². The van der Waals surface area contributed by atoms with E-state index >= 15 is 0 Å². The van der Waals surface area contributed by atoms with Crippen LogP contribution in [0.2, 0.25) is 0 Å². The normalized spacial score (nSPS) is 36.8. The summed E-state index contributed by atoms with van der Waals surface area (Å²) in [4.78, 5) is 12.5. The van der Waals surface area contributed by atoms with Gasteiger partial charge in [0.2, 0.25) is 0 Å². The zero-order valence-electron chi connectivity index (χ0n) is 12.4. The standard InChI is InChI=1S/C18H22BrNO/c1-10-5-6-11(8-16(10)19)18(21)20-17-9-12-7-15(17)14-4-2-3-13(12)14/h5-6,8,12-15,17H,2-4,7,9H2,1H3,(H,20,21). The lowest BCUT2D eigenvalue weighted by Crippen LogP contribution is -2.42. The lowest BCUT2D eigenvalue weighted by Gasteiger charge is -2.32. The number of hydrogen-bond donors (Lipinski definition) is 1. The van der Waals surface area contributed by atoms with E-state index in [1.165, 1.54) is 37.7 Å². The maximum atomic E-state index is 12.5. The number of carbonyl (C=O) groups excluding carboxylic acids is 1. The molecule has 0 aromatic heterocycles. The van der Waals surface area contributed by atoms with Gasteiger partial charge in [-0.25, -0.2) is 0 Å². The highest BCUT2D eigenvalue weighted by molar-refractivity contribution is 9.10. The molecule has 1 aromatic carbocycles. The first-order chi connectivity index (χ1) is 10.1. The van der Waals surface area contributed by atoms with E-state index in [2.05, 4.69) is 21.2 Å². The summed E-state index contributed by atoms with van der Waals surface area (Å²) in [6.07, 6.45) is 6.82. The van der Waals surface area contributed by atoms with Gasteiger partial charge in [0.1, 0.15) is 0 Å². The number of hydrogen-bond acceptors (Lipinski definition) is 1. The Hall–Kier alpha value is -0.830. The molecule has 5 unspecified atom stereocenters. The molecule has 0 aliphatic heterocycles. The second-order valence-corrected chi connectivity index (χ2v) is 8.05. The number of fused-ring (bicyclic) bond motifs is 5. The predicted molar refractivity (Wildman–Crippen MR) is 87.2 cm³/mol. The summed E-state index contributed by atoms with van der Waals surface area (Å²) in [6.45, 7) is 2.04. The van der Waals surface area contributed by atoms with Crippen molar-refractivity contribution in [1.29, 1.82) is 0 Å². The number of halogens is 1. The van der Waals surface area contributed by atoms with E-state index in [1.807, 2.05) is 25.1 Å². The van der Waals surface area contributed by atoms with Gasteiger partial charge in [0, 0.05) is 16.1 Å². The van der Waals surface area contributed by atoms with E-state index in [0.29, 0.717) is 6.04 Å². The molecule has 0 saturated heterocycles. The third-order valence-corrected chi connectivity index (χ3v) is 7.03. The van der Waals surface area contributed by atoms with E-state index in [1.54, 1.807) is 0 Å². The van der Waals surface area contributed by atoms with Gasteiger partial charge in [-0.1, -0.05) is 28.4 Å². The van der Waals surface area contributed by atoms with Crippen molar-refractivity contribution < 1.29 is 4.79 Å². The monoisotopic (exact) mass is 347 g/mol. The second-order valence-electron chi connectivity index (χ2n) is 7.20. The maximum Gasteiger partial charge on any atom is 0.251 e. The molecule has 1 N–H and O–H groups in total. The number of nitrogens with one attached hydrogen (secondary N) is 1. The molecule has 0 spiro atoms. The zero-order chi connectivity index (χ0) is 14.6. The molecule has 3 heteroatoms. The van der Waals surface area contributed by atoms with Gasteiger partial charge in [-0.15, -0.1) is 0 Å². The number of benzene rings is 1. The molecule has 4 rings (SSSR count). The fourth-order valence-corrected chi connectivity index (χ4v) is 5.60. The Morgan fingerprint density at radius 3 is 2.81 bits per heavy atom. The van der Waals surface area contributed by atoms with E-state index in [-0.39, 0.29) is 5.91 Å². The van der Waals surface area contributed by atoms with Crippen molar-refractivity contribution in [3.05, 3.63) is 33.8 Å². The van der Waals surface area contributed by atoms with Crippen LogP contribution in [0, 0.1) is 30.6 Å². The summed E-state index contributed by atoms with van der Waals surface area (Å²) in [5.74, 6) is 3.62. The predicted octanol–water partition coefficient (Wildman–Crippen LogP) is 4.31. The molecule has 3 aliphatic rings. The largest absolute Gasteiger partial charge is 0.349 e. The van der Waals surface area contributed by atoms with Crippen LogP contribution in [0.25, 0.3) is 0 Å². The van der Waals surface area contributed by atoms with Crippen LogP contribution < -0.4 is 5.32 Å². The smallest absolute Gasteiger partial charge is 0.251 e. The third kappa shape index (κ3) is 2.25. The number of rotatable bonds is 2. The van der Waals surface area contributed by atoms with Gasteiger partial charge >= 0.3 is 0 Å². The number of aryl methyl sites for hydroxylation is 1. The molecule has 5 atom stereocenters. The summed E-state index contributed by atoms with van der Waals surface area (Å²) in [5, 5.41) is 3.33. The molecule has 0 heterocycles. The van der Waals surface area contributed by atoms with E-state index in [0.717, 1.165) is 33.7 Å². The number of amides is 1. The fourth-order valence-electron chi connectivity index (χ4n) is 5.22. The molecule has 2 bridgehead atoms. The molecule has 1 amide bonds. The van der Waals surface area contributed by atoms with Crippen molar-refractivity contribution in [3.8, 4) is 0 Å². The summed E-state index contributed by atoms with van der Waals surface area (Å²) in [7, 11) is 0. The van der Waals surface area contributed by atoms with E-state index < -0.39 is 0 Å². The molecule has 2 nitrogen and oxygen atoms in total. The highest BCUT2D eigenvalue weighted by atomic mass is 79.9. The first-order valence-corrected chi connectivity index (χ1v) is 9.00. The Morgan fingerprint density at radius 1 is 1.19 bits per heavy atom. The molecule has 3 aliphatic carbocycles. The molecule has 3 fully saturated rings. The Morgan fingerprint density at radius 2 is 2.00 bits per heavy atom. The van der Waals surface area contributed by atoms with Crippen LogP contribution in [-0.4, -0.2) is 11.9 Å². The van der Waals surface area contributed by atoms with Crippen molar-refractivity contribution in [3.63, 3.8) is 0 Å². The van der Waals surface area contributed by atoms with Crippen molar-refractivity contribution in [2.75, 3.05) is 0 Å². The van der Waals surface area contributed by atoms with Crippen LogP contribution in [0.3, 0.4) is 0 Å². The average molecular weight is 348 g/mol. The quantitative estimate of drug-likeness (QED) is 0.848. The van der Waals surface area contributed by atoms with Gasteiger partial charge in [0.25, 0.3) is 5.91 Å². The summed E-state index contributed by atoms with van der Waals surface area (Å²) in [5.41, 5.74) is 1.94. The Labute approximate surface area is 134 Å². The minimum atomic E-state index is 0.0998. The Bertz CT molecular complexity index is 585. The molecule has 112 valence electrons. The first kappa shape index (κ1) is 13.8. The van der Waals surface area contributed by atoms with Crippen molar-refractivity contribution >= 4 is 21.8 Å². The lowest BCUT2D eigenvalue weighted by molar-refractivity contribution is 0.0901. The molecular weight excluding hydrogens is 326 g/mol.